The van der Waals surface area contributed by atoms with E-state index in [1.165, 1.54) is 33.0 Å². The van der Waals surface area contributed by atoms with Crippen molar-refractivity contribution in [3.05, 3.63) is 59.6 Å². The number of fused-ring (bicyclic) bond motifs is 7. The highest BCUT2D eigenvalue weighted by Crippen LogP contribution is 2.51. The standard InChI is InChI=1S/C29H35N2O/c1-17(2)21-15-32-26-24(21)30-16-31-25(26)20-14-22(27(3,4)5)18-12-10-11-13-19(18)23(20)28(6,7)29(31,8)9/h10-17H,1-9H3/q+1. The van der Waals surface area contributed by atoms with Crippen LogP contribution >= 0.6 is 0 Å². The summed E-state index contributed by atoms with van der Waals surface area (Å²) in [6, 6.07) is 11.4. The lowest BCUT2D eigenvalue weighted by molar-refractivity contribution is -0.761. The van der Waals surface area contributed by atoms with Gasteiger partial charge in [0.2, 0.25) is 11.1 Å². The molecule has 3 nitrogen and oxygen atoms in total. The van der Waals surface area contributed by atoms with Crippen molar-refractivity contribution in [3.63, 3.8) is 0 Å². The zero-order valence-corrected chi connectivity index (χ0v) is 20.9. The smallest absolute Gasteiger partial charge is 0.288 e. The van der Waals surface area contributed by atoms with Crippen molar-refractivity contribution in [2.75, 3.05) is 0 Å². The molecule has 3 heteroatoms. The topological polar surface area (TPSA) is 29.9 Å². The van der Waals surface area contributed by atoms with Crippen LogP contribution in [0.3, 0.4) is 0 Å². The lowest BCUT2D eigenvalue weighted by Crippen LogP contribution is -2.65. The van der Waals surface area contributed by atoms with E-state index < -0.39 is 0 Å². The number of rotatable bonds is 1. The minimum absolute atomic E-state index is 0.0228. The van der Waals surface area contributed by atoms with Crippen molar-refractivity contribution in [3.8, 4) is 11.3 Å². The van der Waals surface area contributed by atoms with Crippen molar-refractivity contribution in [1.29, 1.82) is 0 Å². The lowest BCUT2D eigenvalue weighted by atomic mass is 9.63. The van der Waals surface area contributed by atoms with Gasteiger partial charge in [0.05, 0.1) is 6.26 Å². The molecular weight excluding hydrogens is 392 g/mol. The molecule has 0 atom stereocenters. The van der Waals surface area contributed by atoms with E-state index in [-0.39, 0.29) is 16.4 Å². The summed E-state index contributed by atoms with van der Waals surface area (Å²) < 4.78 is 8.63. The van der Waals surface area contributed by atoms with Gasteiger partial charge in [-0.05, 0) is 58.1 Å². The van der Waals surface area contributed by atoms with Gasteiger partial charge < -0.3 is 4.42 Å². The van der Waals surface area contributed by atoms with Crippen LogP contribution < -0.4 is 4.57 Å². The molecule has 4 aromatic rings. The van der Waals surface area contributed by atoms with Crippen molar-refractivity contribution in [1.82, 2.24) is 4.98 Å². The molecule has 0 N–H and O–H groups in total. The minimum Gasteiger partial charge on any atom is -0.455 e. The molecular formula is C29H35N2O+. The van der Waals surface area contributed by atoms with Gasteiger partial charge in [-0.2, -0.15) is 0 Å². The average Bonchev–Trinajstić information content (AvgIpc) is 3.14. The zero-order chi connectivity index (χ0) is 23.2. The number of benzene rings is 2. The van der Waals surface area contributed by atoms with Crippen LogP contribution in [0.15, 0.2) is 47.3 Å². The fourth-order valence-corrected chi connectivity index (χ4v) is 5.50. The maximum Gasteiger partial charge on any atom is 0.288 e. The van der Waals surface area contributed by atoms with Crippen molar-refractivity contribution >= 4 is 21.9 Å². The van der Waals surface area contributed by atoms with E-state index in [2.05, 4.69) is 97.2 Å². The lowest BCUT2D eigenvalue weighted by Gasteiger charge is -2.46. The Balaban J connectivity index is 2.03. The predicted octanol–water partition coefficient (Wildman–Crippen LogP) is 7.38. The Bertz CT molecular complexity index is 1380. The number of nitrogens with zero attached hydrogens (tertiary/aromatic N) is 2. The van der Waals surface area contributed by atoms with E-state index in [1.54, 1.807) is 0 Å². The molecule has 0 amide bonds. The first-order chi connectivity index (χ1) is 14.9. The highest BCUT2D eigenvalue weighted by molar-refractivity contribution is 5.99. The third-order valence-corrected chi connectivity index (χ3v) is 8.04. The molecule has 0 spiro atoms. The van der Waals surface area contributed by atoms with Crippen LogP contribution in [-0.4, -0.2) is 4.98 Å². The average molecular weight is 428 g/mol. The molecule has 2 aromatic carbocycles. The summed E-state index contributed by atoms with van der Waals surface area (Å²) in [4.78, 5) is 4.91. The van der Waals surface area contributed by atoms with Crippen LogP contribution in [-0.2, 0) is 16.4 Å². The normalized spacial score (nSPS) is 17.1. The van der Waals surface area contributed by atoms with Gasteiger partial charge in [-0.3, -0.25) is 0 Å². The largest absolute Gasteiger partial charge is 0.455 e. The Morgan fingerprint density at radius 1 is 1.00 bits per heavy atom. The van der Waals surface area contributed by atoms with Gasteiger partial charge in [0.15, 0.2) is 5.69 Å². The van der Waals surface area contributed by atoms with Crippen molar-refractivity contribution < 1.29 is 8.98 Å². The Morgan fingerprint density at radius 3 is 2.28 bits per heavy atom. The van der Waals surface area contributed by atoms with E-state index in [9.17, 15) is 0 Å². The molecule has 1 aliphatic rings. The molecule has 32 heavy (non-hydrogen) atoms. The quantitative estimate of drug-likeness (QED) is 0.297. The Labute approximate surface area is 191 Å². The monoisotopic (exact) mass is 427 g/mol. The Morgan fingerprint density at radius 2 is 1.66 bits per heavy atom. The van der Waals surface area contributed by atoms with Crippen molar-refractivity contribution in [2.45, 2.75) is 84.6 Å². The summed E-state index contributed by atoms with van der Waals surface area (Å²) in [5.41, 5.74) is 7.98. The predicted molar refractivity (Wildman–Crippen MR) is 132 cm³/mol. The summed E-state index contributed by atoms with van der Waals surface area (Å²) in [5, 5.41) is 2.70. The second-order valence-electron chi connectivity index (χ2n) is 11.8. The van der Waals surface area contributed by atoms with E-state index in [1.807, 2.05) is 12.6 Å². The van der Waals surface area contributed by atoms with Gasteiger partial charge in [-0.1, -0.05) is 72.7 Å². The molecule has 0 aliphatic carbocycles. The van der Waals surface area contributed by atoms with Gasteiger partial charge in [-0.15, -0.1) is 0 Å². The number of aromatic nitrogens is 2. The van der Waals surface area contributed by atoms with Crippen LogP contribution in [0.25, 0.3) is 33.1 Å². The van der Waals surface area contributed by atoms with Crippen LogP contribution in [0.4, 0.5) is 0 Å². The van der Waals surface area contributed by atoms with E-state index in [0.717, 1.165) is 16.8 Å². The van der Waals surface area contributed by atoms with Gasteiger partial charge >= 0.3 is 0 Å². The number of hydrogen-bond donors (Lipinski definition) is 0. The van der Waals surface area contributed by atoms with Gasteiger partial charge in [0, 0.05) is 16.5 Å². The molecule has 166 valence electrons. The molecule has 1 aliphatic heterocycles. The van der Waals surface area contributed by atoms with E-state index in [4.69, 9.17) is 9.40 Å². The second kappa shape index (κ2) is 6.43. The van der Waals surface area contributed by atoms with Crippen LogP contribution in [0.2, 0.25) is 0 Å². The molecule has 0 saturated carbocycles. The van der Waals surface area contributed by atoms with E-state index in [0.29, 0.717) is 5.92 Å². The molecule has 0 saturated heterocycles. The first-order valence-electron chi connectivity index (χ1n) is 11.8. The Kier molecular flexibility index (Phi) is 4.26. The maximum atomic E-state index is 6.28. The van der Waals surface area contributed by atoms with Gasteiger partial charge in [0.1, 0.15) is 5.54 Å². The third kappa shape index (κ3) is 2.60. The molecule has 5 rings (SSSR count). The zero-order valence-electron chi connectivity index (χ0n) is 20.9. The number of hydrogen-bond acceptors (Lipinski definition) is 2. The second-order valence-corrected chi connectivity index (χ2v) is 11.8. The maximum absolute atomic E-state index is 6.28. The molecule has 2 aromatic heterocycles. The minimum atomic E-state index is -0.187. The van der Waals surface area contributed by atoms with E-state index >= 15 is 0 Å². The summed E-state index contributed by atoms with van der Waals surface area (Å²) in [6.45, 7) is 20.7. The fraction of sp³-hybridized carbons (Fsp3) is 0.448. The summed E-state index contributed by atoms with van der Waals surface area (Å²) in [5.74, 6) is 0.362. The van der Waals surface area contributed by atoms with Crippen molar-refractivity contribution in [2.24, 2.45) is 0 Å². The molecule has 0 bridgehead atoms. The summed E-state index contributed by atoms with van der Waals surface area (Å²) in [7, 11) is 0. The first-order valence-corrected chi connectivity index (χ1v) is 11.8. The molecule has 0 radical (unpaired) electrons. The first kappa shape index (κ1) is 21.2. The molecule has 0 unspecified atom stereocenters. The third-order valence-electron chi connectivity index (χ3n) is 8.04. The van der Waals surface area contributed by atoms with Gasteiger partial charge in [-0.25, -0.2) is 4.57 Å². The Hall–Kier alpha value is -2.68. The fourth-order valence-electron chi connectivity index (χ4n) is 5.50. The molecule has 0 fully saturated rings. The highest BCUT2D eigenvalue weighted by atomic mass is 16.3. The summed E-state index contributed by atoms with van der Waals surface area (Å²) >= 11 is 0. The summed E-state index contributed by atoms with van der Waals surface area (Å²) in [6.07, 6.45) is 3.94. The SMILES string of the molecule is CC(C)c1coc2c3[n+](cnc12)C(C)(C)C(C)(C)c1c-3cc(C(C)(C)C)c2ccccc12. The van der Waals surface area contributed by atoms with Gasteiger partial charge in [0.25, 0.3) is 6.33 Å². The van der Waals surface area contributed by atoms with Crippen LogP contribution in [0.1, 0.15) is 84.9 Å². The molecule has 3 heterocycles. The number of furan rings is 1. The van der Waals surface area contributed by atoms with Crippen LogP contribution in [0, 0.1) is 0 Å². The highest BCUT2D eigenvalue weighted by Gasteiger charge is 2.52. The van der Waals surface area contributed by atoms with Crippen LogP contribution in [0.5, 0.6) is 0 Å².